The molecular formula is C10H20N2O3S. The van der Waals surface area contributed by atoms with Crippen molar-refractivity contribution in [2.75, 3.05) is 25.1 Å². The molecule has 0 radical (unpaired) electrons. The van der Waals surface area contributed by atoms with E-state index >= 15 is 0 Å². The second-order valence-electron chi connectivity index (χ2n) is 4.70. The van der Waals surface area contributed by atoms with Crippen LogP contribution < -0.4 is 5.73 Å². The van der Waals surface area contributed by atoms with E-state index in [0.29, 0.717) is 5.92 Å². The second-order valence-corrected chi connectivity index (χ2v) is 6.96. The van der Waals surface area contributed by atoms with E-state index in [9.17, 15) is 13.2 Å². The van der Waals surface area contributed by atoms with Crippen LogP contribution in [0.15, 0.2) is 0 Å². The van der Waals surface area contributed by atoms with Crippen molar-refractivity contribution in [1.29, 1.82) is 0 Å². The SMILES string of the molecule is CC1CCN(C(=O)C(N)CCS(C)(=O)=O)C1. The Balaban J connectivity index is 2.42. The highest BCUT2D eigenvalue weighted by molar-refractivity contribution is 7.90. The fraction of sp³-hybridized carbons (Fsp3) is 0.900. The van der Waals surface area contributed by atoms with Crippen molar-refractivity contribution in [2.24, 2.45) is 11.7 Å². The van der Waals surface area contributed by atoms with Gasteiger partial charge in [-0.05, 0) is 18.8 Å². The Morgan fingerprint density at radius 3 is 2.62 bits per heavy atom. The van der Waals surface area contributed by atoms with Crippen LogP contribution in [0.1, 0.15) is 19.8 Å². The van der Waals surface area contributed by atoms with E-state index in [4.69, 9.17) is 5.73 Å². The molecule has 5 nitrogen and oxygen atoms in total. The van der Waals surface area contributed by atoms with Gasteiger partial charge in [0.2, 0.25) is 5.91 Å². The molecule has 1 rings (SSSR count). The average molecular weight is 248 g/mol. The van der Waals surface area contributed by atoms with Gasteiger partial charge in [-0.3, -0.25) is 4.79 Å². The topological polar surface area (TPSA) is 80.5 Å². The van der Waals surface area contributed by atoms with E-state index < -0.39 is 15.9 Å². The van der Waals surface area contributed by atoms with Crippen molar-refractivity contribution in [2.45, 2.75) is 25.8 Å². The number of nitrogens with two attached hydrogens (primary N) is 1. The van der Waals surface area contributed by atoms with E-state index in [1.165, 1.54) is 0 Å². The molecular weight excluding hydrogens is 228 g/mol. The lowest BCUT2D eigenvalue weighted by atomic mass is 10.2. The van der Waals surface area contributed by atoms with Crippen molar-refractivity contribution in [3.8, 4) is 0 Å². The van der Waals surface area contributed by atoms with Crippen LogP contribution in [0.3, 0.4) is 0 Å². The molecule has 16 heavy (non-hydrogen) atoms. The minimum atomic E-state index is -3.04. The molecule has 94 valence electrons. The predicted octanol–water partition coefficient (Wildman–Crippen LogP) is -0.383. The highest BCUT2D eigenvalue weighted by Gasteiger charge is 2.27. The van der Waals surface area contributed by atoms with Crippen molar-refractivity contribution in [3.05, 3.63) is 0 Å². The number of hydrogen-bond acceptors (Lipinski definition) is 4. The van der Waals surface area contributed by atoms with Crippen LogP contribution in [0.5, 0.6) is 0 Å². The molecule has 1 fully saturated rings. The molecule has 1 aliphatic heterocycles. The molecule has 1 saturated heterocycles. The number of rotatable bonds is 4. The van der Waals surface area contributed by atoms with Gasteiger partial charge < -0.3 is 10.6 Å². The summed E-state index contributed by atoms with van der Waals surface area (Å²) in [5.41, 5.74) is 5.69. The Morgan fingerprint density at radius 2 is 2.19 bits per heavy atom. The molecule has 0 bridgehead atoms. The summed E-state index contributed by atoms with van der Waals surface area (Å²) >= 11 is 0. The number of sulfone groups is 1. The maximum Gasteiger partial charge on any atom is 0.239 e. The maximum atomic E-state index is 11.8. The van der Waals surface area contributed by atoms with Crippen LogP contribution in [-0.2, 0) is 14.6 Å². The van der Waals surface area contributed by atoms with Crippen LogP contribution in [0.4, 0.5) is 0 Å². The molecule has 0 spiro atoms. The fourth-order valence-corrected chi connectivity index (χ4v) is 2.52. The molecule has 1 amide bonds. The second kappa shape index (κ2) is 5.14. The van der Waals surface area contributed by atoms with Crippen molar-refractivity contribution < 1.29 is 13.2 Å². The fourth-order valence-electron chi connectivity index (χ4n) is 1.83. The summed E-state index contributed by atoms with van der Waals surface area (Å²) in [5, 5.41) is 0. The van der Waals surface area contributed by atoms with Crippen LogP contribution in [0.25, 0.3) is 0 Å². The lowest BCUT2D eigenvalue weighted by Crippen LogP contribution is -2.43. The first-order valence-corrected chi connectivity index (χ1v) is 7.58. The number of likely N-dealkylation sites (tertiary alicyclic amines) is 1. The lowest BCUT2D eigenvalue weighted by molar-refractivity contribution is -0.131. The van der Waals surface area contributed by atoms with Gasteiger partial charge in [0.1, 0.15) is 9.84 Å². The van der Waals surface area contributed by atoms with Crippen molar-refractivity contribution >= 4 is 15.7 Å². The standard InChI is InChI=1S/C10H20N2O3S/c1-8-3-5-12(7-8)10(13)9(11)4-6-16(2,14)15/h8-9H,3-7,11H2,1-2H3. The Kier molecular flexibility index (Phi) is 4.32. The van der Waals surface area contributed by atoms with Crippen LogP contribution in [0.2, 0.25) is 0 Å². The van der Waals surface area contributed by atoms with E-state index in [2.05, 4.69) is 6.92 Å². The summed E-state index contributed by atoms with van der Waals surface area (Å²) in [6.45, 7) is 3.58. The summed E-state index contributed by atoms with van der Waals surface area (Å²) in [6.07, 6.45) is 2.37. The first-order chi connectivity index (χ1) is 7.29. The molecule has 0 aliphatic carbocycles. The summed E-state index contributed by atoms with van der Waals surface area (Å²) in [7, 11) is -3.04. The zero-order chi connectivity index (χ0) is 12.3. The molecule has 0 aromatic heterocycles. The Morgan fingerprint density at radius 1 is 1.56 bits per heavy atom. The number of nitrogens with zero attached hydrogens (tertiary/aromatic N) is 1. The Bertz CT molecular complexity index is 353. The number of hydrogen-bond donors (Lipinski definition) is 1. The van der Waals surface area contributed by atoms with Gasteiger partial charge in [-0.15, -0.1) is 0 Å². The largest absolute Gasteiger partial charge is 0.341 e. The predicted molar refractivity (Wildman–Crippen MR) is 62.7 cm³/mol. The van der Waals surface area contributed by atoms with E-state index in [1.54, 1.807) is 4.90 Å². The van der Waals surface area contributed by atoms with Gasteiger partial charge in [-0.25, -0.2) is 8.42 Å². The average Bonchev–Trinajstić information content (AvgIpc) is 2.59. The molecule has 2 unspecified atom stereocenters. The van der Waals surface area contributed by atoms with Gasteiger partial charge in [0.25, 0.3) is 0 Å². The zero-order valence-corrected chi connectivity index (χ0v) is 10.7. The van der Waals surface area contributed by atoms with E-state index in [-0.39, 0.29) is 18.1 Å². The monoisotopic (exact) mass is 248 g/mol. The first kappa shape index (κ1) is 13.4. The summed E-state index contributed by atoms with van der Waals surface area (Å²) < 4.78 is 21.9. The van der Waals surface area contributed by atoms with Gasteiger partial charge in [-0.2, -0.15) is 0 Å². The first-order valence-electron chi connectivity index (χ1n) is 5.51. The van der Waals surface area contributed by atoms with Crippen LogP contribution in [0, 0.1) is 5.92 Å². The molecule has 2 atom stereocenters. The summed E-state index contributed by atoms with van der Waals surface area (Å²) in [6, 6.07) is -0.681. The molecule has 1 heterocycles. The van der Waals surface area contributed by atoms with Gasteiger partial charge in [0.05, 0.1) is 11.8 Å². The van der Waals surface area contributed by atoms with E-state index in [1.807, 2.05) is 0 Å². The highest BCUT2D eigenvalue weighted by atomic mass is 32.2. The lowest BCUT2D eigenvalue weighted by Gasteiger charge is -2.20. The number of carbonyl (C=O) groups is 1. The summed E-state index contributed by atoms with van der Waals surface area (Å²) in [5.74, 6) is 0.377. The molecule has 0 aromatic carbocycles. The molecule has 0 saturated carbocycles. The highest BCUT2D eigenvalue weighted by Crippen LogP contribution is 2.16. The maximum absolute atomic E-state index is 11.8. The Labute approximate surface area is 96.9 Å². The van der Waals surface area contributed by atoms with E-state index in [0.717, 1.165) is 25.8 Å². The van der Waals surface area contributed by atoms with Gasteiger partial charge in [-0.1, -0.05) is 6.92 Å². The van der Waals surface area contributed by atoms with Crippen molar-refractivity contribution in [1.82, 2.24) is 4.90 Å². The minimum absolute atomic E-state index is 0.0245. The van der Waals surface area contributed by atoms with Gasteiger partial charge in [0, 0.05) is 19.3 Å². The minimum Gasteiger partial charge on any atom is -0.341 e. The summed E-state index contributed by atoms with van der Waals surface area (Å²) in [4.78, 5) is 13.5. The van der Waals surface area contributed by atoms with Crippen molar-refractivity contribution in [3.63, 3.8) is 0 Å². The third-order valence-electron chi connectivity index (χ3n) is 2.85. The quantitative estimate of drug-likeness (QED) is 0.735. The number of amides is 1. The number of carbonyl (C=O) groups excluding carboxylic acids is 1. The molecule has 0 aromatic rings. The molecule has 2 N–H and O–H groups in total. The molecule has 1 aliphatic rings. The van der Waals surface area contributed by atoms with Gasteiger partial charge in [0.15, 0.2) is 0 Å². The normalized spacial score (nSPS) is 23.4. The third kappa shape index (κ3) is 4.09. The van der Waals surface area contributed by atoms with Gasteiger partial charge >= 0.3 is 0 Å². The zero-order valence-electron chi connectivity index (χ0n) is 9.85. The smallest absolute Gasteiger partial charge is 0.239 e. The third-order valence-corrected chi connectivity index (χ3v) is 3.83. The molecule has 6 heteroatoms. The van der Waals surface area contributed by atoms with Crippen LogP contribution in [-0.4, -0.2) is 50.4 Å². The van der Waals surface area contributed by atoms with Crippen LogP contribution >= 0.6 is 0 Å². The Hall–Kier alpha value is -0.620.